The number of hydrogen-bond acceptors (Lipinski definition) is 3. The van der Waals surface area contributed by atoms with Gasteiger partial charge in [-0.05, 0) is 36.6 Å². The van der Waals surface area contributed by atoms with E-state index in [-0.39, 0.29) is 5.91 Å². The number of hydrogen-bond donors (Lipinski definition) is 1. The smallest absolute Gasteiger partial charge is 0.250 e. The van der Waals surface area contributed by atoms with Gasteiger partial charge in [-0.1, -0.05) is 48.9 Å². The van der Waals surface area contributed by atoms with Gasteiger partial charge in [0.05, 0.1) is 12.0 Å². The third-order valence-corrected chi connectivity index (χ3v) is 4.19. The Hall–Kier alpha value is -2.07. The molecule has 0 bridgehead atoms. The van der Waals surface area contributed by atoms with E-state index in [1.807, 2.05) is 43.3 Å². The first-order chi connectivity index (χ1) is 10.7. The van der Waals surface area contributed by atoms with E-state index in [1.165, 1.54) is 22.9 Å². The Morgan fingerprint density at radius 1 is 1.14 bits per heavy atom. The van der Waals surface area contributed by atoms with Gasteiger partial charge >= 0.3 is 0 Å². The maximum atomic E-state index is 11.7. The molecule has 2 rings (SSSR count). The molecule has 3 nitrogen and oxygen atoms in total. The molecule has 0 heterocycles. The summed E-state index contributed by atoms with van der Waals surface area (Å²) in [5.41, 5.74) is 6.03. The number of amides is 1. The molecule has 0 aliphatic rings. The van der Waals surface area contributed by atoms with Crippen molar-refractivity contribution in [2.24, 2.45) is 5.10 Å². The molecule has 0 fully saturated rings. The molecule has 0 atom stereocenters. The van der Waals surface area contributed by atoms with Gasteiger partial charge in [0.2, 0.25) is 5.91 Å². The average Bonchev–Trinajstić information content (AvgIpc) is 2.55. The molecule has 2 aromatic rings. The first-order valence-corrected chi connectivity index (χ1v) is 8.26. The molecular weight excluding hydrogens is 292 g/mol. The van der Waals surface area contributed by atoms with Gasteiger partial charge in [0.1, 0.15) is 0 Å². The van der Waals surface area contributed by atoms with Crippen LogP contribution < -0.4 is 5.43 Å². The number of nitrogens with zero attached hydrogens (tertiary/aromatic N) is 1. The van der Waals surface area contributed by atoms with E-state index in [9.17, 15) is 4.79 Å². The summed E-state index contributed by atoms with van der Waals surface area (Å²) in [5.74, 6) is 0.252. The number of nitrogens with one attached hydrogen (secondary N) is 1. The fraction of sp³-hybridized carbons (Fsp3) is 0.222. The van der Waals surface area contributed by atoms with Gasteiger partial charge in [-0.3, -0.25) is 4.79 Å². The van der Waals surface area contributed by atoms with Crippen LogP contribution in [0.15, 0.2) is 58.5 Å². The summed E-state index contributed by atoms with van der Waals surface area (Å²) in [6.07, 6.45) is 2.68. The number of aryl methyl sites for hydroxylation is 2. The van der Waals surface area contributed by atoms with Crippen molar-refractivity contribution in [2.45, 2.75) is 25.2 Å². The van der Waals surface area contributed by atoms with Crippen LogP contribution in [-0.2, 0) is 11.2 Å². The molecule has 0 aromatic heterocycles. The van der Waals surface area contributed by atoms with Gasteiger partial charge in [-0.15, -0.1) is 11.8 Å². The van der Waals surface area contributed by atoms with Crippen LogP contribution in [0.5, 0.6) is 0 Å². The van der Waals surface area contributed by atoms with Gasteiger partial charge in [-0.25, -0.2) is 5.43 Å². The molecule has 1 N–H and O–H groups in total. The summed E-state index contributed by atoms with van der Waals surface area (Å²) in [7, 11) is 0. The Morgan fingerprint density at radius 2 is 1.82 bits per heavy atom. The lowest BCUT2D eigenvalue weighted by Crippen LogP contribution is -2.19. The van der Waals surface area contributed by atoms with E-state index < -0.39 is 0 Å². The van der Waals surface area contributed by atoms with Crippen LogP contribution >= 0.6 is 11.8 Å². The summed E-state index contributed by atoms with van der Waals surface area (Å²) in [5, 5.41) is 3.99. The fourth-order valence-corrected chi connectivity index (χ4v) is 2.52. The van der Waals surface area contributed by atoms with E-state index in [0.717, 1.165) is 16.9 Å². The fourth-order valence-electron chi connectivity index (χ4n) is 1.83. The summed E-state index contributed by atoms with van der Waals surface area (Å²) >= 11 is 1.50. The van der Waals surface area contributed by atoms with Crippen LogP contribution in [-0.4, -0.2) is 17.9 Å². The Bertz CT molecular complexity index is 633. The number of thioether (sulfide) groups is 1. The van der Waals surface area contributed by atoms with Crippen LogP contribution in [0.4, 0.5) is 0 Å². The maximum absolute atomic E-state index is 11.7. The second kappa shape index (κ2) is 8.39. The minimum absolute atomic E-state index is 0.105. The summed E-state index contributed by atoms with van der Waals surface area (Å²) in [6, 6.07) is 16.2. The molecule has 0 spiro atoms. The van der Waals surface area contributed by atoms with Crippen molar-refractivity contribution >= 4 is 23.9 Å². The van der Waals surface area contributed by atoms with E-state index in [1.54, 1.807) is 6.21 Å². The summed E-state index contributed by atoms with van der Waals surface area (Å²) < 4.78 is 0. The van der Waals surface area contributed by atoms with Crippen molar-refractivity contribution < 1.29 is 4.79 Å². The van der Waals surface area contributed by atoms with Crippen molar-refractivity contribution in [3.8, 4) is 0 Å². The van der Waals surface area contributed by atoms with Crippen LogP contribution in [0.1, 0.15) is 23.6 Å². The zero-order valence-electron chi connectivity index (χ0n) is 12.9. The second-order valence-corrected chi connectivity index (χ2v) is 6.04. The number of rotatable bonds is 6. The predicted molar refractivity (Wildman–Crippen MR) is 93.5 cm³/mol. The SMILES string of the molecule is CCc1ccc(/C=N/NC(=O)CSc2ccc(C)cc2)cc1. The van der Waals surface area contributed by atoms with Crippen molar-refractivity contribution in [2.75, 3.05) is 5.75 Å². The quantitative estimate of drug-likeness (QED) is 0.501. The van der Waals surface area contributed by atoms with Crippen molar-refractivity contribution in [1.82, 2.24) is 5.43 Å². The Kier molecular flexibility index (Phi) is 6.22. The number of carbonyl (C=O) groups excluding carboxylic acids is 1. The Morgan fingerprint density at radius 3 is 2.45 bits per heavy atom. The highest BCUT2D eigenvalue weighted by molar-refractivity contribution is 8.00. The highest BCUT2D eigenvalue weighted by Gasteiger charge is 2.01. The maximum Gasteiger partial charge on any atom is 0.250 e. The number of carbonyl (C=O) groups is 1. The second-order valence-electron chi connectivity index (χ2n) is 4.99. The van der Waals surface area contributed by atoms with Gasteiger partial charge in [0.25, 0.3) is 0 Å². The molecule has 4 heteroatoms. The molecule has 22 heavy (non-hydrogen) atoms. The molecule has 0 radical (unpaired) electrons. The highest BCUT2D eigenvalue weighted by atomic mass is 32.2. The minimum Gasteiger partial charge on any atom is -0.272 e. The predicted octanol–water partition coefficient (Wildman–Crippen LogP) is 3.80. The van der Waals surface area contributed by atoms with Crippen LogP contribution in [0, 0.1) is 6.92 Å². The first kappa shape index (κ1) is 16.3. The van der Waals surface area contributed by atoms with Crippen molar-refractivity contribution in [1.29, 1.82) is 0 Å². The molecule has 114 valence electrons. The first-order valence-electron chi connectivity index (χ1n) is 7.27. The third-order valence-electron chi connectivity index (χ3n) is 3.18. The normalized spacial score (nSPS) is 10.8. The van der Waals surface area contributed by atoms with Crippen molar-refractivity contribution in [3.63, 3.8) is 0 Å². The molecule has 2 aromatic carbocycles. The van der Waals surface area contributed by atoms with Gasteiger partial charge in [0.15, 0.2) is 0 Å². The van der Waals surface area contributed by atoms with Gasteiger partial charge in [0, 0.05) is 4.90 Å². The van der Waals surface area contributed by atoms with E-state index in [0.29, 0.717) is 5.75 Å². The molecule has 1 amide bonds. The lowest BCUT2D eigenvalue weighted by Gasteiger charge is -2.01. The monoisotopic (exact) mass is 312 g/mol. The number of benzene rings is 2. The standard InChI is InChI=1S/C18H20N2OS/c1-3-15-6-8-16(9-7-15)12-19-20-18(21)13-22-17-10-4-14(2)5-11-17/h4-12H,3,13H2,1-2H3,(H,20,21)/b19-12+. The van der Waals surface area contributed by atoms with Crippen LogP contribution in [0.25, 0.3) is 0 Å². The molecule has 0 saturated carbocycles. The zero-order chi connectivity index (χ0) is 15.8. The Balaban J connectivity index is 1.76. The molecule has 0 aliphatic carbocycles. The average molecular weight is 312 g/mol. The largest absolute Gasteiger partial charge is 0.272 e. The Labute approximate surface area is 135 Å². The van der Waals surface area contributed by atoms with Gasteiger partial charge < -0.3 is 0 Å². The van der Waals surface area contributed by atoms with E-state index in [4.69, 9.17) is 0 Å². The van der Waals surface area contributed by atoms with E-state index >= 15 is 0 Å². The molecule has 0 aliphatic heterocycles. The lowest BCUT2D eigenvalue weighted by molar-refractivity contribution is -0.118. The molecule has 0 unspecified atom stereocenters. The minimum atomic E-state index is -0.105. The topological polar surface area (TPSA) is 41.5 Å². The highest BCUT2D eigenvalue weighted by Crippen LogP contribution is 2.17. The summed E-state index contributed by atoms with van der Waals surface area (Å²) in [4.78, 5) is 12.8. The molecule has 0 saturated heterocycles. The number of hydrazone groups is 1. The lowest BCUT2D eigenvalue weighted by atomic mass is 10.1. The van der Waals surface area contributed by atoms with Crippen LogP contribution in [0.3, 0.4) is 0 Å². The van der Waals surface area contributed by atoms with Crippen molar-refractivity contribution in [3.05, 3.63) is 65.2 Å². The van der Waals surface area contributed by atoms with Crippen LogP contribution in [0.2, 0.25) is 0 Å². The summed E-state index contributed by atoms with van der Waals surface area (Å²) in [6.45, 7) is 4.16. The zero-order valence-corrected chi connectivity index (χ0v) is 13.7. The van der Waals surface area contributed by atoms with Gasteiger partial charge in [-0.2, -0.15) is 5.10 Å². The third kappa shape index (κ3) is 5.37. The van der Waals surface area contributed by atoms with E-state index in [2.05, 4.69) is 29.6 Å². The molecular formula is C18H20N2OS.